The molecule has 3 aromatic heterocycles. The number of hydrogen-bond donors (Lipinski definition) is 1. The van der Waals surface area contributed by atoms with Gasteiger partial charge in [-0.05, 0) is 36.8 Å². The third-order valence-corrected chi connectivity index (χ3v) is 7.53. The number of fused-ring (bicyclic) bond motifs is 3. The van der Waals surface area contributed by atoms with Crippen LogP contribution in [0.1, 0.15) is 11.1 Å². The number of carbonyl (C=O) groups excluding carboxylic acids is 1. The van der Waals surface area contributed by atoms with Gasteiger partial charge in [0, 0.05) is 23.3 Å². The molecule has 1 N–H and O–H groups in total. The Morgan fingerprint density at radius 1 is 1.14 bits per heavy atom. The standard InChI is InChI=1S/C26H22N4O3S2/c1-16-8-10-17(11-9-16)14-30-25(32)23-22(20-7-4-12-27-24(20)35-23)29-26(30)34-15-21(31)28-18-5-3-6-19(13-18)33-2/h3-13H,14-15H2,1-2H3,(H,28,31). The summed E-state index contributed by atoms with van der Waals surface area (Å²) in [5.74, 6) is 0.562. The van der Waals surface area contributed by atoms with E-state index in [9.17, 15) is 9.59 Å². The van der Waals surface area contributed by atoms with E-state index in [0.717, 1.165) is 21.3 Å². The molecule has 2 aromatic carbocycles. The number of aryl methyl sites for hydroxylation is 1. The molecule has 0 aliphatic rings. The number of benzene rings is 2. The minimum atomic E-state index is -0.198. The molecule has 0 aliphatic carbocycles. The van der Waals surface area contributed by atoms with Gasteiger partial charge in [0.15, 0.2) is 5.16 Å². The van der Waals surface area contributed by atoms with E-state index >= 15 is 0 Å². The van der Waals surface area contributed by atoms with E-state index in [4.69, 9.17) is 9.72 Å². The Kier molecular flexibility index (Phi) is 6.52. The average Bonchev–Trinajstić information content (AvgIpc) is 3.25. The van der Waals surface area contributed by atoms with Crippen molar-refractivity contribution in [1.29, 1.82) is 0 Å². The highest BCUT2D eigenvalue weighted by Gasteiger charge is 2.18. The van der Waals surface area contributed by atoms with Crippen molar-refractivity contribution in [3.05, 3.63) is 88.3 Å². The summed E-state index contributed by atoms with van der Waals surface area (Å²) in [7, 11) is 1.58. The molecule has 0 saturated heterocycles. The zero-order valence-corrected chi connectivity index (χ0v) is 20.8. The van der Waals surface area contributed by atoms with E-state index in [-0.39, 0.29) is 17.2 Å². The first-order valence-electron chi connectivity index (χ1n) is 10.9. The molecular weight excluding hydrogens is 480 g/mol. The molecular formula is C26H22N4O3S2. The molecule has 0 spiro atoms. The SMILES string of the molecule is COc1cccc(NC(=O)CSc2nc3c(sc4ncccc43)c(=O)n2Cc2ccc(C)cc2)c1. The van der Waals surface area contributed by atoms with Crippen LogP contribution in [-0.2, 0) is 11.3 Å². The third-order valence-electron chi connectivity index (χ3n) is 5.46. The molecule has 5 aromatic rings. The fourth-order valence-corrected chi connectivity index (χ4v) is 5.52. The Labute approximate surface area is 209 Å². The molecule has 1 amide bonds. The quantitative estimate of drug-likeness (QED) is 0.246. The number of thioether (sulfide) groups is 1. The number of rotatable bonds is 7. The van der Waals surface area contributed by atoms with Gasteiger partial charge in [0.05, 0.1) is 24.9 Å². The van der Waals surface area contributed by atoms with Crippen molar-refractivity contribution >= 4 is 55.1 Å². The smallest absolute Gasteiger partial charge is 0.272 e. The van der Waals surface area contributed by atoms with E-state index < -0.39 is 0 Å². The van der Waals surface area contributed by atoms with Gasteiger partial charge in [-0.2, -0.15) is 0 Å². The molecule has 0 saturated carbocycles. The largest absolute Gasteiger partial charge is 0.497 e. The van der Waals surface area contributed by atoms with Crippen LogP contribution in [-0.4, -0.2) is 33.3 Å². The van der Waals surface area contributed by atoms with Gasteiger partial charge in [0.25, 0.3) is 5.56 Å². The number of nitrogens with one attached hydrogen (secondary N) is 1. The molecule has 0 atom stereocenters. The lowest BCUT2D eigenvalue weighted by Gasteiger charge is -2.13. The predicted octanol–water partition coefficient (Wildman–Crippen LogP) is 5.10. The van der Waals surface area contributed by atoms with Gasteiger partial charge in [-0.3, -0.25) is 14.2 Å². The summed E-state index contributed by atoms with van der Waals surface area (Å²) in [4.78, 5) is 36.3. The van der Waals surface area contributed by atoms with Crippen LogP contribution >= 0.6 is 23.1 Å². The van der Waals surface area contributed by atoms with Gasteiger partial charge in [0.2, 0.25) is 5.91 Å². The second-order valence-corrected chi connectivity index (χ2v) is 9.92. The summed E-state index contributed by atoms with van der Waals surface area (Å²) in [6.07, 6.45) is 1.71. The number of pyridine rings is 1. The molecule has 0 unspecified atom stereocenters. The fraction of sp³-hybridized carbons (Fsp3) is 0.154. The van der Waals surface area contributed by atoms with E-state index in [2.05, 4.69) is 10.3 Å². The van der Waals surface area contributed by atoms with Crippen LogP contribution in [0.5, 0.6) is 5.75 Å². The van der Waals surface area contributed by atoms with Crippen molar-refractivity contribution in [2.45, 2.75) is 18.6 Å². The summed E-state index contributed by atoms with van der Waals surface area (Å²) >= 11 is 2.59. The number of nitrogens with zero attached hydrogens (tertiary/aromatic N) is 3. The lowest BCUT2D eigenvalue weighted by atomic mass is 10.1. The number of ether oxygens (including phenoxy) is 1. The van der Waals surface area contributed by atoms with Crippen molar-refractivity contribution in [3.63, 3.8) is 0 Å². The highest BCUT2D eigenvalue weighted by Crippen LogP contribution is 2.30. The van der Waals surface area contributed by atoms with E-state index in [0.29, 0.717) is 33.4 Å². The van der Waals surface area contributed by atoms with Gasteiger partial charge >= 0.3 is 0 Å². The lowest BCUT2D eigenvalue weighted by Crippen LogP contribution is -2.24. The minimum absolute atomic E-state index is 0.101. The molecule has 176 valence electrons. The molecule has 0 aliphatic heterocycles. The number of methoxy groups -OCH3 is 1. The summed E-state index contributed by atoms with van der Waals surface area (Å²) in [6.45, 7) is 2.39. The maximum Gasteiger partial charge on any atom is 0.272 e. The van der Waals surface area contributed by atoms with Gasteiger partial charge in [0.1, 0.15) is 15.3 Å². The van der Waals surface area contributed by atoms with Crippen LogP contribution in [0, 0.1) is 6.92 Å². The normalized spacial score (nSPS) is 11.1. The number of amides is 1. The Hall–Kier alpha value is -3.69. The van der Waals surface area contributed by atoms with Crippen LogP contribution < -0.4 is 15.6 Å². The number of carbonyl (C=O) groups is 1. The van der Waals surface area contributed by atoms with Crippen LogP contribution in [0.15, 0.2) is 76.8 Å². The fourth-order valence-electron chi connectivity index (χ4n) is 3.69. The zero-order valence-electron chi connectivity index (χ0n) is 19.1. The molecule has 5 rings (SSSR count). The second kappa shape index (κ2) is 9.89. The van der Waals surface area contributed by atoms with Gasteiger partial charge in [-0.25, -0.2) is 9.97 Å². The van der Waals surface area contributed by atoms with E-state index in [1.165, 1.54) is 23.1 Å². The number of anilines is 1. The van der Waals surface area contributed by atoms with Crippen molar-refractivity contribution in [3.8, 4) is 5.75 Å². The Bertz CT molecular complexity index is 1590. The number of aromatic nitrogens is 3. The van der Waals surface area contributed by atoms with Crippen LogP contribution in [0.25, 0.3) is 20.4 Å². The summed E-state index contributed by atoms with van der Waals surface area (Å²) < 4.78 is 7.43. The van der Waals surface area contributed by atoms with Crippen LogP contribution in [0.3, 0.4) is 0 Å². The molecule has 7 nitrogen and oxygen atoms in total. The van der Waals surface area contributed by atoms with Crippen molar-refractivity contribution in [2.75, 3.05) is 18.2 Å². The molecule has 0 radical (unpaired) electrons. The topological polar surface area (TPSA) is 86.1 Å². The summed E-state index contributed by atoms with van der Waals surface area (Å²) in [6, 6.07) is 19.0. The average molecular weight is 503 g/mol. The number of hydrogen-bond acceptors (Lipinski definition) is 7. The first-order valence-corrected chi connectivity index (χ1v) is 12.7. The summed E-state index contributed by atoms with van der Waals surface area (Å²) in [5, 5.41) is 4.21. The molecule has 35 heavy (non-hydrogen) atoms. The van der Waals surface area contributed by atoms with Gasteiger partial charge in [-0.1, -0.05) is 47.7 Å². The monoisotopic (exact) mass is 502 g/mol. The van der Waals surface area contributed by atoms with Crippen molar-refractivity contribution in [1.82, 2.24) is 14.5 Å². The first kappa shape index (κ1) is 23.1. The lowest BCUT2D eigenvalue weighted by molar-refractivity contribution is -0.113. The highest BCUT2D eigenvalue weighted by molar-refractivity contribution is 7.99. The summed E-state index contributed by atoms with van der Waals surface area (Å²) in [5.41, 5.74) is 3.27. The Balaban J connectivity index is 1.49. The second-order valence-electron chi connectivity index (χ2n) is 7.98. The van der Waals surface area contributed by atoms with Gasteiger partial charge < -0.3 is 10.1 Å². The Morgan fingerprint density at radius 2 is 1.97 bits per heavy atom. The maximum absolute atomic E-state index is 13.6. The Morgan fingerprint density at radius 3 is 2.77 bits per heavy atom. The van der Waals surface area contributed by atoms with Crippen LogP contribution in [0.4, 0.5) is 5.69 Å². The predicted molar refractivity (Wildman–Crippen MR) is 142 cm³/mol. The van der Waals surface area contributed by atoms with E-state index in [1.807, 2.05) is 55.5 Å². The zero-order chi connectivity index (χ0) is 24.4. The molecule has 3 heterocycles. The third kappa shape index (κ3) is 4.91. The van der Waals surface area contributed by atoms with Crippen molar-refractivity contribution in [2.24, 2.45) is 0 Å². The number of thiophene rings is 1. The molecule has 9 heteroatoms. The van der Waals surface area contributed by atoms with Gasteiger partial charge in [-0.15, -0.1) is 11.3 Å². The van der Waals surface area contributed by atoms with E-state index in [1.54, 1.807) is 30.0 Å². The molecule has 0 bridgehead atoms. The van der Waals surface area contributed by atoms with Crippen LogP contribution in [0.2, 0.25) is 0 Å². The maximum atomic E-state index is 13.6. The molecule has 0 fully saturated rings. The minimum Gasteiger partial charge on any atom is -0.497 e. The highest BCUT2D eigenvalue weighted by atomic mass is 32.2. The van der Waals surface area contributed by atoms with Crippen molar-refractivity contribution < 1.29 is 9.53 Å². The first-order chi connectivity index (χ1) is 17.0.